The van der Waals surface area contributed by atoms with E-state index < -0.39 is 0 Å². The Bertz CT molecular complexity index is 269. The molecule has 14 heavy (non-hydrogen) atoms. The van der Waals surface area contributed by atoms with Gasteiger partial charge in [0, 0.05) is 23.1 Å². The van der Waals surface area contributed by atoms with Crippen molar-refractivity contribution in [3.63, 3.8) is 0 Å². The van der Waals surface area contributed by atoms with Gasteiger partial charge in [0.2, 0.25) is 0 Å². The van der Waals surface area contributed by atoms with E-state index in [4.69, 9.17) is 5.73 Å². The highest BCUT2D eigenvalue weighted by Gasteiger charge is 2.05. The first-order chi connectivity index (χ1) is 6.59. The summed E-state index contributed by atoms with van der Waals surface area (Å²) in [6, 6.07) is 8.83. The number of benzene rings is 1. The maximum Gasteiger partial charge on any atom is 0.0208 e. The smallest absolute Gasteiger partial charge is 0.0208 e. The van der Waals surface area contributed by atoms with Crippen LogP contribution in [-0.2, 0) is 6.54 Å². The zero-order valence-corrected chi connectivity index (χ0v) is 10.2. The molecule has 2 atom stereocenters. The topological polar surface area (TPSA) is 38.0 Å². The maximum atomic E-state index is 5.75. The van der Waals surface area contributed by atoms with Gasteiger partial charge in [-0.15, -0.1) is 0 Å². The summed E-state index contributed by atoms with van der Waals surface area (Å²) in [6.45, 7) is 4.98. The van der Waals surface area contributed by atoms with Crippen LogP contribution in [0, 0.1) is 0 Å². The third-order valence-electron chi connectivity index (χ3n) is 2.33. The Kier molecular flexibility index (Phi) is 4.58. The standard InChI is InChI=1S/C11H17BrN2/c1-8(13)9(2)14-7-10-3-5-11(12)6-4-10/h3-6,8-9,14H,7,13H2,1-2H3. The second-order valence-corrected chi connectivity index (χ2v) is 4.57. The van der Waals surface area contributed by atoms with Gasteiger partial charge in [-0.25, -0.2) is 0 Å². The summed E-state index contributed by atoms with van der Waals surface area (Å²) in [5.74, 6) is 0. The highest BCUT2D eigenvalue weighted by atomic mass is 79.9. The maximum absolute atomic E-state index is 5.75. The van der Waals surface area contributed by atoms with Gasteiger partial charge >= 0.3 is 0 Å². The second kappa shape index (κ2) is 5.49. The first kappa shape index (κ1) is 11.7. The summed E-state index contributed by atoms with van der Waals surface area (Å²) in [5, 5.41) is 3.38. The molecule has 0 saturated carbocycles. The van der Waals surface area contributed by atoms with Gasteiger partial charge < -0.3 is 11.1 Å². The highest BCUT2D eigenvalue weighted by molar-refractivity contribution is 9.10. The van der Waals surface area contributed by atoms with Crippen LogP contribution in [0.1, 0.15) is 19.4 Å². The van der Waals surface area contributed by atoms with Crippen molar-refractivity contribution in [1.82, 2.24) is 5.32 Å². The largest absolute Gasteiger partial charge is 0.327 e. The van der Waals surface area contributed by atoms with Gasteiger partial charge in [0.1, 0.15) is 0 Å². The zero-order chi connectivity index (χ0) is 10.6. The van der Waals surface area contributed by atoms with Crippen molar-refractivity contribution in [3.8, 4) is 0 Å². The van der Waals surface area contributed by atoms with Crippen molar-refractivity contribution in [2.24, 2.45) is 5.73 Å². The minimum atomic E-state index is 0.186. The second-order valence-electron chi connectivity index (χ2n) is 3.66. The van der Waals surface area contributed by atoms with E-state index in [0.29, 0.717) is 6.04 Å². The van der Waals surface area contributed by atoms with Gasteiger partial charge in [-0.2, -0.15) is 0 Å². The molecular weight excluding hydrogens is 240 g/mol. The van der Waals surface area contributed by atoms with Crippen molar-refractivity contribution in [3.05, 3.63) is 34.3 Å². The van der Waals surface area contributed by atoms with Crippen molar-refractivity contribution >= 4 is 15.9 Å². The first-order valence-corrected chi connectivity index (χ1v) is 5.62. The highest BCUT2D eigenvalue weighted by Crippen LogP contribution is 2.10. The lowest BCUT2D eigenvalue weighted by atomic mass is 10.1. The van der Waals surface area contributed by atoms with Crippen LogP contribution in [0.15, 0.2) is 28.7 Å². The fourth-order valence-corrected chi connectivity index (χ4v) is 1.33. The molecule has 0 amide bonds. The van der Waals surface area contributed by atoms with Crippen molar-refractivity contribution in [2.45, 2.75) is 32.5 Å². The molecule has 2 nitrogen and oxygen atoms in total. The quantitative estimate of drug-likeness (QED) is 0.868. The third kappa shape index (κ3) is 3.78. The number of halogens is 1. The summed E-state index contributed by atoms with van der Waals surface area (Å²) in [4.78, 5) is 0. The van der Waals surface area contributed by atoms with Gasteiger partial charge in [-0.3, -0.25) is 0 Å². The Hall–Kier alpha value is -0.380. The molecule has 0 aromatic heterocycles. The van der Waals surface area contributed by atoms with Crippen LogP contribution in [0.25, 0.3) is 0 Å². The first-order valence-electron chi connectivity index (χ1n) is 4.83. The Balaban J connectivity index is 2.42. The van der Waals surface area contributed by atoms with Gasteiger partial charge in [-0.1, -0.05) is 28.1 Å². The summed E-state index contributed by atoms with van der Waals surface area (Å²) in [5.41, 5.74) is 7.03. The van der Waals surface area contributed by atoms with Crippen molar-refractivity contribution in [2.75, 3.05) is 0 Å². The minimum Gasteiger partial charge on any atom is -0.327 e. The number of rotatable bonds is 4. The average Bonchev–Trinajstić information content (AvgIpc) is 2.16. The Morgan fingerprint density at radius 1 is 1.29 bits per heavy atom. The molecule has 3 heteroatoms. The molecule has 0 bridgehead atoms. The molecule has 0 aliphatic heterocycles. The normalized spacial score (nSPS) is 15.1. The molecule has 3 N–H and O–H groups in total. The molecule has 1 aromatic rings. The molecule has 0 aliphatic rings. The van der Waals surface area contributed by atoms with E-state index >= 15 is 0 Å². The van der Waals surface area contributed by atoms with E-state index in [2.05, 4.69) is 40.3 Å². The summed E-state index contributed by atoms with van der Waals surface area (Å²) >= 11 is 3.41. The fourth-order valence-electron chi connectivity index (χ4n) is 1.07. The lowest BCUT2D eigenvalue weighted by Crippen LogP contribution is -2.40. The monoisotopic (exact) mass is 256 g/mol. The minimum absolute atomic E-state index is 0.186. The molecule has 0 fully saturated rings. The zero-order valence-electron chi connectivity index (χ0n) is 8.63. The number of nitrogens with one attached hydrogen (secondary N) is 1. The Morgan fingerprint density at radius 2 is 1.86 bits per heavy atom. The van der Waals surface area contributed by atoms with Crippen molar-refractivity contribution < 1.29 is 0 Å². The van der Waals surface area contributed by atoms with E-state index in [0.717, 1.165) is 11.0 Å². The molecule has 1 rings (SSSR count). The van der Waals surface area contributed by atoms with Gasteiger partial charge in [0.15, 0.2) is 0 Å². The Morgan fingerprint density at radius 3 is 2.36 bits per heavy atom. The molecule has 2 unspecified atom stereocenters. The van der Waals surface area contributed by atoms with Crippen LogP contribution in [0.5, 0.6) is 0 Å². The van der Waals surface area contributed by atoms with Gasteiger partial charge in [0.25, 0.3) is 0 Å². The van der Waals surface area contributed by atoms with Gasteiger partial charge in [0.05, 0.1) is 0 Å². The van der Waals surface area contributed by atoms with Crippen LogP contribution in [-0.4, -0.2) is 12.1 Å². The number of hydrogen-bond donors (Lipinski definition) is 2. The molecule has 1 aromatic carbocycles. The van der Waals surface area contributed by atoms with Gasteiger partial charge in [-0.05, 0) is 31.5 Å². The van der Waals surface area contributed by atoms with Crippen LogP contribution < -0.4 is 11.1 Å². The van der Waals surface area contributed by atoms with Crippen LogP contribution in [0.2, 0.25) is 0 Å². The summed E-state index contributed by atoms with van der Waals surface area (Å²) < 4.78 is 1.11. The molecule has 0 radical (unpaired) electrons. The average molecular weight is 257 g/mol. The van der Waals surface area contributed by atoms with E-state index in [-0.39, 0.29) is 6.04 Å². The predicted molar refractivity (Wildman–Crippen MR) is 64.1 cm³/mol. The van der Waals surface area contributed by atoms with Crippen LogP contribution in [0.4, 0.5) is 0 Å². The molecule has 0 saturated heterocycles. The van der Waals surface area contributed by atoms with E-state index in [1.165, 1.54) is 5.56 Å². The summed E-state index contributed by atoms with van der Waals surface area (Å²) in [7, 11) is 0. The lowest BCUT2D eigenvalue weighted by molar-refractivity contribution is 0.478. The van der Waals surface area contributed by atoms with E-state index in [1.54, 1.807) is 0 Å². The molecule has 0 aliphatic carbocycles. The van der Waals surface area contributed by atoms with Crippen molar-refractivity contribution in [1.29, 1.82) is 0 Å². The molecule has 78 valence electrons. The molecule has 0 heterocycles. The number of hydrogen-bond acceptors (Lipinski definition) is 2. The number of nitrogens with two attached hydrogens (primary N) is 1. The third-order valence-corrected chi connectivity index (χ3v) is 2.86. The van der Waals surface area contributed by atoms with Crippen LogP contribution >= 0.6 is 15.9 Å². The fraction of sp³-hybridized carbons (Fsp3) is 0.455. The summed E-state index contributed by atoms with van der Waals surface area (Å²) in [6.07, 6.45) is 0. The van der Waals surface area contributed by atoms with E-state index in [9.17, 15) is 0 Å². The SMILES string of the molecule is CC(N)C(C)NCc1ccc(Br)cc1. The Labute approximate surface area is 94.0 Å². The lowest BCUT2D eigenvalue weighted by Gasteiger charge is -2.17. The predicted octanol–water partition coefficient (Wildman–Crippen LogP) is 2.27. The molecule has 0 spiro atoms. The van der Waals surface area contributed by atoms with E-state index in [1.807, 2.05) is 19.1 Å². The molecular formula is C11H17BrN2. The van der Waals surface area contributed by atoms with Crippen LogP contribution in [0.3, 0.4) is 0 Å².